The molecule has 0 aliphatic carbocycles. The number of hydrogen-bond acceptors (Lipinski definition) is 3. The molecular weight excluding hydrogens is 521 g/mol. The molecule has 3 rings (SSSR count). The molecule has 0 unspecified atom stereocenters. The molecule has 1 N–H and O–H groups in total. The van der Waals surface area contributed by atoms with Crippen LogP contribution >= 0.6 is 39.9 Å². The third-order valence-electron chi connectivity index (χ3n) is 4.77. The number of imidazole rings is 1. The molecule has 0 aromatic carbocycles. The van der Waals surface area contributed by atoms with Crippen LogP contribution in [0.5, 0.6) is 0 Å². The minimum Gasteiger partial charge on any atom is -0.381 e. The van der Waals surface area contributed by atoms with Crippen LogP contribution < -0.4 is 5.32 Å². The normalized spacial score (nSPS) is 15.6. The maximum Gasteiger partial charge on any atom is 0.194 e. The van der Waals surface area contributed by atoms with Gasteiger partial charge in [-0.05, 0) is 60.2 Å². The molecule has 0 bridgehead atoms. The van der Waals surface area contributed by atoms with E-state index in [1.165, 1.54) is 19.3 Å². The highest BCUT2D eigenvalue weighted by molar-refractivity contribution is 14.0. The largest absolute Gasteiger partial charge is 0.381 e. The van der Waals surface area contributed by atoms with Gasteiger partial charge in [0, 0.05) is 50.2 Å². The molecule has 2 aromatic rings. The molecule has 6 nitrogen and oxygen atoms in total. The average Bonchev–Trinajstić information content (AvgIpc) is 3.06. The van der Waals surface area contributed by atoms with Crippen LogP contribution in [0.4, 0.5) is 0 Å². The predicted octanol–water partition coefficient (Wildman–Crippen LogP) is 3.93. The Morgan fingerprint density at radius 2 is 2.15 bits per heavy atom. The number of fused-ring (bicyclic) bond motifs is 1. The van der Waals surface area contributed by atoms with Crippen molar-refractivity contribution >= 4 is 51.5 Å². The van der Waals surface area contributed by atoms with Gasteiger partial charge in [0.25, 0.3) is 0 Å². The van der Waals surface area contributed by atoms with E-state index in [1.807, 2.05) is 28.9 Å². The van der Waals surface area contributed by atoms with Crippen LogP contribution in [0.2, 0.25) is 0 Å². The molecule has 0 amide bonds. The second-order valence-corrected chi connectivity index (χ2v) is 7.70. The number of nitrogens with one attached hydrogen (secondary N) is 1. The van der Waals surface area contributed by atoms with E-state index in [0.29, 0.717) is 6.54 Å². The zero-order valence-electron chi connectivity index (χ0n) is 16.0. The fraction of sp³-hybridized carbons (Fsp3) is 0.579. The topological polar surface area (TPSA) is 54.2 Å². The monoisotopic (exact) mass is 549 g/mol. The summed E-state index contributed by atoms with van der Waals surface area (Å²) in [5.41, 5.74) is 1.91. The Hall–Kier alpha value is -0.870. The van der Waals surface area contributed by atoms with Gasteiger partial charge in [0.05, 0.1) is 12.2 Å². The molecule has 2 aromatic heterocycles. The lowest BCUT2D eigenvalue weighted by Crippen LogP contribution is -2.40. The SMILES string of the molecule is CCNC(=NCc1cn2cc(Br)ccc2n1)N(C)CCC1CCOCC1.I. The first kappa shape index (κ1) is 22.4. The van der Waals surface area contributed by atoms with Crippen molar-refractivity contribution in [3.63, 3.8) is 0 Å². The Bertz CT molecular complexity index is 745. The molecule has 0 saturated carbocycles. The fourth-order valence-electron chi connectivity index (χ4n) is 3.24. The molecular formula is C19H29BrIN5O. The molecule has 3 heterocycles. The molecule has 0 atom stereocenters. The molecule has 0 spiro atoms. The molecule has 8 heteroatoms. The van der Waals surface area contributed by atoms with Gasteiger partial charge in [0.2, 0.25) is 0 Å². The zero-order valence-corrected chi connectivity index (χ0v) is 19.9. The van der Waals surface area contributed by atoms with E-state index < -0.39 is 0 Å². The third-order valence-corrected chi connectivity index (χ3v) is 5.23. The number of rotatable bonds is 6. The highest BCUT2D eigenvalue weighted by Crippen LogP contribution is 2.18. The molecule has 1 aliphatic rings. The summed E-state index contributed by atoms with van der Waals surface area (Å²) >= 11 is 3.49. The second-order valence-electron chi connectivity index (χ2n) is 6.78. The molecule has 0 radical (unpaired) electrons. The van der Waals surface area contributed by atoms with E-state index in [2.05, 4.69) is 45.1 Å². The van der Waals surface area contributed by atoms with Crippen molar-refractivity contribution in [1.29, 1.82) is 0 Å². The molecule has 1 aliphatic heterocycles. The number of halogens is 2. The van der Waals surface area contributed by atoms with Gasteiger partial charge in [-0.3, -0.25) is 0 Å². The first-order chi connectivity index (χ1) is 12.7. The van der Waals surface area contributed by atoms with E-state index in [9.17, 15) is 0 Å². The molecule has 1 saturated heterocycles. The minimum atomic E-state index is 0. The summed E-state index contributed by atoms with van der Waals surface area (Å²) in [5.74, 6) is 1.71. The summed E-state index contributed by atoms with van der Waals surface area (Å²) in [6, 6.07) is 4.01. The van der Waals surface area contributed by atoms with Gasteiger partial charge >= 0.3 is 0 Å². The summed E-state index contributed by atoms with van der Waals surface area (Å²) < 4.78 is 8.52. The van der Waals surface area contributed by atoms with Crippen molar-refractivity contribution in [3.8, 4) is 0 Å². The average molecular weight is 550 g/mol. The van der Waals surface area contributed by atoms with Gasteiger partial charge in [-0.15, -0.1) is 24.0 Å². The molecule has 150 valence electrons. The number of aliphatic imine (C=N–C) groups is 1. The minimum absolute atomic E-state index is 0. The van der Waals surface area contributed by atoms with Crippen LogP contribution in [-0.4, -0.2) is 53.6 Å². The second kappa shape index (κ2) is 11.2. The fourth-order valence-corrected chi connectivity index (χ4v) is 3.59. The Labute approximate surface area is 186 Å². The summed E-state index contributed by atoms with van der Waals surface area (Å²) in [6.07, 6.45) is 7.60. The quantitative estimate of drug-likeness (QED) is 0.337. The lowest BCUT2D eigenvalue weighted by molar-refractivity contribution is 0.0625. The van der Waals surface area contributed by atoms with E-state index in [4.69, 9.17) is 9.73 Å². The van der Waals surface area contributed by atoms with E-state index >= 15 is 0 Å². The number of ether oxygens (including phenoxy) is 1. The van der Waals surface area contributed by atoms with Crippen molar-refractivity contribution in [2.24, 2.45) is 10.9 Å². The smallest absolute Gasteiger partial charge is 0.194 e. The van der Waals surface area contributed by atoms with Gasteiger partial charge in [0.15, 0.2) is 5.96 Å². The number of nitrogens with zero attached hydrogens (tertiary/aromatic N) is 4. The van der Waals surface area contributed by atoms with Gasteiger partial charge in [-0.2, -0.15) is 0 Å². The molecule has 1 fully saturated rings. The lowest BCUT2D eigenvalue weighted by atomic mass is 9.96. The summed E-state index contributed by atoms with van der Waals surface area (Å²) in [7, 11) is 2.11. The standard InChI is InChI=1S/C19H28BrN5O.HI/c1-3-21-19(24(2)9-6-15-7-10-26-11-8-15)22-12-17-14-25-13-16(20)4-5-18(25)23-17;/h4-5,13-15H,3,6-12H2,1-2H3,(H,21,22);1H. The van der Waals surface area contributed by atoms with Crippen LogP contribution in [0.15, 0.2) is 34.0 Å². The Morgan fingerprint density at radius 3 is 2.89 bits per heavy atom. The van der Waals surface area contributed by atoms with Crippen molar-refractivity contribution in [1.82, 2.24) is 19.6 Å². The van der Waals surface area contributed by atoms with Crippen LogP contribution in [0.25, 0.3) is 5.65 Å². The first-order valence-electron chi connectivity index (χ1n) is 9.36. The van der Waals surface area contributed by atoms with Crippen molar-refractivity contribution in [2.45, 2.75) is 32.7 Å². The van der Waals surface area contributed by atoms with E-state index in [-0.39, 0.29) is 24.0 Å². The van der Waals surface area contributed by atoms with Gasteiger partial charge < -0.3 is 19.4 Å². The Balaban J connectivity index is 0.00000261. The van der Waals surface area contributed by atoms with Crippen LogP contribution in [0, 0.1) is 5.92 Å². The number of hydrogen-bond donors (Lipinski definition) is 1. The lowest BCUT2D eigenvalue weighted by Gasteiger charge is -2.26. The number of guanidine groups is 1. The maximum absolute atomic E-state index is 5.45. The Morgan fingerprint density at radius 1 is 1.37 bits per heavy atom. The van der Waals surface area contributed by atoms with E-state index in [1.54, 1.807) is 0 Å². The zero-order chi connectivity index (χ0) is 18.4. The van der Waals surface area contributed by atoms with Gasteiger partial charge in [-0.1, -0.05) is 0 Å². The van der Waals surface area contributed by atoms with Crippen LogP contribution in [0.1, 0.15) is 31.9 Å². The highest BCUT2D eigenvalue weighted by Gasteiger charge is 2.15. The molecule has 27 heavy (non-hydrogen) atoms. The first-order valence-corrected chi connectivity index (χ1v) is 10.2. The maximum atomic E-state index is 5.45. The summed E-state index contributed by atoms with van der Waals surface area (Å²) in [6.45, 7) is 6.36. The number of pyridine rings is 1. The van der Waals surface area contributed by atoms with Crippen molar-refractivity contribution < 1.29 is 4.74 Å². The van der Waals surface area contributed by atoms with Gasteiger partial charge in [-0.25, -0.2) is 9.98 Å². The van der Waals surface area contributed by atoms with E-state index in [0.717, 1.165) is 54.0 Å². The van der Waals surface area contributed by atoms with Gasteiger partial charge in [0.1, 0.15) is 5.65 Å². The van der Waals surface area contributed by atoms with Crippen molar-refractivity contribution in [2.75, 3.05) is 33.4 Å². The highest BCUT2D eigenvalue weighted by atomic mass is 127. The summed E-state index contributed by atoms with van der Waals surface area (Å²) in [4.78, 5) is 11.7. The van der Waals surface area contributed by atoms with Crippen LogP contribution in [-0.2, 0) is 11.3 Å². The van der Waals surface area contributed by atoms with Crippen molar-refractivity contribution in [3.05, 3.63) is 34.7 Å². The predicted molar refractivity (Wildman–Crippen MR) is 124 cm³/mol. The summed E-state index contributed by atoms with van der Waals surface area (Å²) in [5, 5.41) is 3.39. The third kappa shape index (κ3) is 6.60. The van der Waals surface area contributed by atoms with Crippen LogP contribution in [0.3, 0.4) is 0 Å². The Kier molecular flexibility index (Phi) is 9.31. The number of aromatic nitrogens is 2.